The third-order valence-electron chi connectivity index (χ3n) is 10.4. The topological polar surface area (TPSA) is 201 Å². The fourth-order valence-electron chi connectivity index (χ4n) is 7.34. The van der Waals surface area contributed by atoms with Gasteiger partial charge in [-0.1, -0.05) is 30.6 Å². The van der Waals surface area contributed by atoms with Crippen molar-refractivity contribution in [3.8, 4) is 17.5 Å². The Morgan fingerprint density at radius 3 is 2.54 bits per heavy atom. The molecule has 3 aromatic rings. The number of aromatic nitrogens is 3. The highest BCUT2D eigenvalue weighted by atomic mass is 32.2. The van der Waals surface area contributed by atoms with Gasteiger partial charge in [0.25, 0.3) is 6.01 Å². The van der Waals surface area contributed by atoms with E-state index >= 15 is 0 Å². The van der Waals surface area contributed by atoms with Gasteiger partial charge < -0.3 is 29.8 Å². The predicted molar refractivity (Wildman–Crippen MR) is 210 cm³/mol. The third kappa shape index (κ3) is 9.98. The number of ether oxygens (including phenoxy) is 2. The lowest BCUT2D eigenvalue weighted by molar-refractivity contribution is -0.139. The number of primary amides is 1. The Balaban J connectivity index is 1.09. The first kappa shape index (κ1) is 40.9. The molecule has 6 unspecified atom stereocenters. The minimum Gasteiger partial charge on any atom is -0.459 e. The minimum atomic E-state index is -1.27. The van der Waals surface area contributed by atoms with Gasteiger partial charge in [0.2, 0.25) is 23.6 Å². The summed E-state index contributed by atoms with van der Waals surface area (Å²) in [5, 5.41) is 2.87. The first-order chi connectivity index (χ1) is 26.6. The highest BCUT2D eigenvalue weighted by molar-refractivity contribution is 7.84. The molecule has 6 rings (SSSR count). The maximum atomic E-state index is 14.2. The number of carbonyl (C=O) groups is 4. The molecule has 0 spiro atoms. The van der Waals surface area contributed by atoms with Crippen molar-refractivity contribution in [1.82, 2.24) is 29.5 Å². The van der Waals surface area contributed by atoms with E-state index in [-0.39, 0.29) is 42.0 Å². The van der Waals surface area contributed by atoms with Gasteiger partial charge >= 0.3 is 6.09 Å². The van der Waals surface area contributed by atoms with Gasteiger partial charge in [-0.05, 0) is 98.1 Å². The van der Waals surface area contributed by atoms with Crippen molar-refractivity contribution >= 4 is 45.8 Å². The fraction of sp³-hybridized carbons (Fsp3) is 0.600. The smallest absolute Gasteiger partial charge is 0.408 e. The van der Waals surface area contributed by atoms with E-state index in [1.807, 2.05) is 43.5 Å². The second kappa shape index (κ2) is 17.2. The Hall–Kier alpha value is -4.73. The molecule has 56 heavy (non-hydrogen) atoms. The quantitative estimate of drug-likeness (QED) is 0.116. The van der Waals surface area contributed by atoms with E-state index in [2.05, 4.69) is 21.1 Å². The molecule has 3 aliphatic rings. The van der Waals surface area contributed by atoms with Crippen molar-refractivity contribution in [2.75, 3.05) is 6.54 Å². The van der Waals surface area contributed by atoms with Crippen LogP contribution in [0.2, 0.25) is 0 Å². The number of carbonyl (C=O) groups excluding carboxylic acids is 4. The van der Waals surface area contributed by atoms with Crippen LogP contribution < -0.4 is 20.5 Å². The van der Waals surface area contributed by atoms with Crippen LogP contribution in [-0.4, -0.2) is 83.0 Å². The number of allylic oxidation sites excluding steroid dienone is 2. The summed E-state index contributed by atoms with van der Waals surface area (Å²) in [5.74, 6) is -0.742. The van der Waals surface area contributed by atoms with Crippen LogP contribution in [-0.2, 0) is 30.1 Å². The Bertz CT molecular complexity index is 1970. The number of hydrogen-bond acceptors (Lipinski definition) is 10. The molecule has 1 saturated heterocycles. The van der Waals surface area contributed by atoms with Gasteiger partial charge in [-0.3, -0.25) is 23.7 Å². The Kier molecular flexibility index (Phi) is 12.6. The molecular formula is C40H55N7O8S. The zero-order valence-electron chi connectivity index (χ0n) is 33.1. The molecule has 2 aromatic heterocycles. The summed E-state index contributed by atoms with van der Waals surface area (Å²) in [6.07, 6.45) is 10.0. The van der Waals surface area contributed by atoms with Crippen molar-refractivity contribution < 1.29 is 37.3 Å². The molecule has 2 saturated carbocycles. The summed E-state index contributed by atoms with van der Waals surface area (Å²) in [5.41, 5.74) is 8.41. The SMILES string of the molecule is CC(=CCCCCCC(NC(=O)OC(C)(C)C)C(=O)N1CC(Oc2nc3c(-c4ncco4)cccc3n2C(C)C)CC1C(N)=O)C1CC1C(=O)NS(=O)C1CC1. The molecule has 1 aliphatic heterocycles. The number of amides is 4. The number of alkyl carbamates (subject to hydrolysis) is 1. The lowest BCUT2D eigenvalue weighted by Crippen LogP contribution is -2.53. The molecule has 15 nitrogen and oxygen atoms in total. The molecule has 4 amide bonds. The molecule has 4 N–H and O–H groups in total. The number of rotatable bonds is 17. The minimum absolute atomic E-state index is 0.0375. The van der Waals surface area contributed by atoms with Crippen LogP contribution in [0.5, 0.6) is 6.01 Å². The average Bonchev–Trinajstić information content (AvgIpc) is 3.99. The second-order valence-corrected chi connectivity index (χ2v) is 17.9. The highest BCUT2D eigenvalue weighted by Crippen LogP contribution is 2.44. The third-order valence-corrected chi connectivity index (χ3v) is 11.9. The van der Waals surface area contributed by atoms with Crippen LogP contribution in [0, 0.1) is 11.8 Å². The van der Waals surface area contributed by atoms with E-state index < -0.39 is 52.7 Å². The summed E-state index contributed by atoms with van der Waals surface area (Å²) < 4.78 is 34.3. The average molecular weight is 794 g/mol. The summed E-state index contributed by atoms with van der Waals surface area (Å²) in [7, 11) is -1.27. The van der Waals surface area contributed by atoms with Crippen molar-refractivity contribution in [3.05, 3.63) is 42.3 Å². The van der Waals surface area contributed by atoms with Crippen molar-refractivity contribution in [1.29, 1.82) is 0 Å². The number of likely N-dealkylation sites (tertiary alicyclic amines) is 1. The normalized spacial score (nSPS) is 22.2. The standard InChI is InChI=1S/C40H55N7O8S/c1-23(2)47-31-15-11-13-27(36-42-18-19-53-36)33(31)44-38(47)54-25-20-32(34(41)48)46(22-25)37(50)30(43-39(51)55-40(4,5)6)14-10-8-7-9-12-24(3)28-21-29(28)35(49)45-56(52)26-16-17-26/h11-13,15,18-19,23,25-26,28-30,32H,7-10,14,16-17,20-22H2,1-6H3,(H2,41,48)(H,43,51)(H,45,49). The molecule has 304 valence electrons. The van der Waals surface area contributed by atoms with E-state index in [0.717, 1.165) is 49.6 Å². The summed E-state index contributed by atoms with van der Waals surface area (Å²) >= 11 is 0. The second-order valence-electron chi connectivity index (χ2n) is 16.4. The number of para-hydroxylation sites is 1. The van der Waals surface area contributed by atoms with Crippen LogP contribution in [0.4, 0.5) is 4.79 Å². The molecule has 1 aromatic carbocycles. The van der Waals surface area contributed by atoms with Gasteiger partial charge in [0.05, 0.1) is 29.1 Å². The number of nitrogens with zero attached hydrogens (tertiary/aromatic N) is 4. The Morgan fingerprint density at radius 1 is 1.11 bits per heavy atom. The maximum Gasteiger partial charge on any atom is 0.408 e. The first-order valence-corrected chi connectivity index (χ1v) is 20.9. The van der Waals surface area contributed by atoms with E-state index in [0.29, 0.717) is 35.8 Å². The zero-order valence-corrected chi connectivity index (χ0v) is 33.9. The van der Waals surface area contributed by atoms with Gasteiger partial charge in [-0.2, -0.15) is 4.98 Å². The number of imidazole rings is 1. The molecule has 0 bridgehead atoms. The Labute approximate surface area is 330 Å². The Morgan fingerprint density at radius 2 is 1.88 bits per heavy atom. The number of hydrogen-bond donors (Lipinski definition) is 3. The van der Waals surface area contributed by atoms with Crippen LogP contribution >= 0.6 is 0 Å². The number of fused-ring (bicyclic) bond motifs is 1. The fourth-order valence-corrected chi connectivity index (χ4v) is 8.42. The van der Waals surface area contributed by atoms with Crippen LogP contribution in [0.15, 0.2) is 46.7 Å². The van der Waals surface area contributed by atoms with Crippen molar-refractivity contribution in [3.63, 3.8) is 0 Å². The van der Waals surface area contributed by atoms with Crippen molar-refractivity contribution in [2.45, 2.75) is 134 Å². The van der Waals surface area contributed by atoms with Gasteiger partial charge in [0.15, 0.2) is 0 Å². The number of nitrogens with two attached hydrogens (primary N) is 1. The maximum absolute atomic E-state index is 14.2. The van der Waals surface area contributed by atoms with E-state index in [9.17, 15) is 23.4 Å². The van der Waals surface area contributed by atoms with Gasteiger partial charge in [0, 0.05) is 18.4 Å². The first-order valence-electron chi connectivity index (χ1n) is 19.7. The van der Waals surface area contributed by atoms with Gasteiger partial charge in [0.1, 0.15) is 46.6 Å². The van der Waals surface area contributed by atoms with Crippen LogP contribution in [0.25, 0.3) is 22.5 Å². The monoisotopic (exact) mass is 793 g/mol. The number of unbranched alkanes of at least 4 members (excludes halogenated alkanes) is 3. The molecular weight excluding hydrogens is 739 g/mol. The molecule has 16 heteroatoms. The predicted octanol–water partition coefficient (Wildman–Crippen LogP) is 5.47. The molecule has 3 heterocycles. The molecule has 0 radical (unpaired) electrons. The van der Waals surface area contributed by atoms with Crippen LogP contribution in [0.1, 0.15) is 105 Å². The van der Waals surface area contributed by atoms with Gasteiger partial charge in [-0.25, -0.2) is 14.0 Å². The lowest BCUT2D eigenvalue weighted by atomic mass is 10.0. The number of nitrogens with one attached hydrogen (secondary N) is 2. The molecule has 6 atom stereocenters. The molecule has 2 aliphatic carbocycles. The van der Waals surface area contributed by atoms with E-state index in [1.165, 1.54) is 11.2 Å². The summed E-state index contributed by atoms with van der Waals surface area (Å²) in [6, 6.07) is 4.09. The molecule has 3 fully saturated rings. The largest absolute Gasteiger partial charge is 0.459 e. The van der Waals surface area contributed by atoms with Crippen molar-refractivity contribution in [2.24, 2.45) is 17.6 Å². The van der Waals surface area contributed by atoms with Crippen LogP contribution in [0.3, 0.4) is 0 Å². The number of oxazole rings is 1. The summed E-state index contributed by atoms with van der Waals surface area (Å²) in [6.45, 7) is 11.4. The van der Waals surface area contributed by atoms with E-state index in [4.69, 9.17) is 24.6 Å². The zero-order chi connectivity index (χ0) is 40.3. The summed E-state index contributed by atoms with van der Waals surface area (Å²) in [4.78, 5) is 63.0. The lowest BCUT2D eigenvalue weighted by Gasteiger charge is -2.28. The van der Waals surface area contributed by atoms with E-state index in [1.54, 1.807) is 27.0 Å². The number of benzene rings is 1. The van der Waals surface area contributed by atoms with Gasteiger partial charge in [-0.15, -0.1) is 0 Å². The highest BCUT2D eigenvalue weighted by Gasteiger charge is 2.45.